The van der Waals surface area contributed by atoms with Crippen LogP contribution in [-0.2, 0) is 14.3 Å². The van der Waals surface area contributed by atoms with Crippen molar-refractivity contribution in [3.8, 4) is 0 Å². The molecule has 0 aliphatic heterocycles. The molecule has 74 valence electrons. The van der Waals surface area contributed by atoms with Gasteiger partial charge in [0, 0.05) is 0 Å². The molecule has 0 rings (SSSR count). The summed E-state index contributed by atoms with van der Waals surface area (Å²) in [4.78, 5) is 20.2. The highest BCUT2D eigenvalue weighted by Crippen LogP contribution is 2.28. The molecule has 1 N–H and O–H groups in total. The maximum atomic E-state index is 10.4. The fraction of sp³-hybridized carbons (Fsp3) is 0.333. The third kappa shape index (κ3) is 6.69. The molecular weight excluding hydrogens is 242 g/mol. The summed E-state index contributed by atoms with van der Waals surface area (Å²) < 4.78 is 2.38. The van der Waals surface area contributed by atoms with Gasteiger partial charge in [0.2, 0.25) is 3.79 Å². The summed E-state index contributed by atoms with van der Waals surface area (Å²) >= 11 is 15.9. The van der Waals surface area contributed by atoms with E-state index in [0.717, 1.165) is 6.08 Å². The average Bonchev–Trinajstić information content (AvgIpc) is 1.95. The Morgan fingerprint density at radius 3 is 2.31 bits per heavy atom. The van der Waals surface area contributed by atoms with Gasteiger partial charge in [0.15, 0.2) is 0 Å². The Bertz CT molecular complexity index is 231. The molecule has 0 saturated heterocycles. The van der Waals surface area contributed by atoms with Crippen LogP contribution < -0.4 is 0 Å². The van der Waals surface area contributed by atoms with E-state index in [0.29, 0.717) is 0 Å². The number of allylic oxidation sites excluding steroid dienone is 1. The molecular formula is C6H5Cl3O4. The highest BCUT2D eigenvalue weighted by molar-refractivity contribution is 6.69. The van der Waals surface area contributed by atoms with E-state index in [2.05, 4.69) is 4.74 Å². The lowest BCUT2D eigenvalue weighted by molar-refractivity contribution is -0.134. The first-order valence-electron chi connectivity index (χ1n) is 2.94. The summed E-state index contributed by atoms with van der Waals surface area (Å²) in [5.74, 6) is -1.31. The van der Waals surface area contributed by atoms with Gasteiger partial charge in [-0.3, -0.25) is 4.79 Å². The predicted molar refractivity (Wildman–Crippen MR) is 48.0 cm³/mol. The van der Waals surface area contributed by atoms with Gasteiger partial charge in [0.25, 0.3) is 6.47 Å². The topological polar surface area (TPSA) is 63.6 Å². The lowest BCUT2D eigenvalue weighted by Crippen LogP contribution is -2.11. The maximum absolute atomic E-state index is 10.4. The number of carboxylic acids is 1. The summed E-state index contributed by atoms with van der Waals surface area (Å²) in [5.41, 5.74) is -0.299. The average molecular weight is 247 g/mol. The fourth-order valence-electron chi connectivity index (χ4n) is 0.487. The molecule has 0 radical (unpaired) electrons. The van der Waals surface area contributed by atoms with Crippen LogP contribution >= 0.6 is 34.8 Å². The quantitative estimate of drug-likeness (QED) is 0.465. The van der Waals surface area contributed by atoms with Crippen molar-refractivity contribution < 1.29 is 19.4 Å². The summed E-state index contributed by atoms with van der Waals surface area (Å²) in [6.45, 7) is -0.331. The molecule has 0 unspecified atom stereocenters. The number of hydrogen-bond donors (Lipinski definition) is 1. The first kappa shape index (κ1) is 12.6. The third-order valence-corrected chi connectivity index (χ3v) is 1.25. The molecule has 0 fully saturated rings. The molecule has 0 saturated carbocycles. The lowest BCUT2D eigenvalue weighted by Gasteiger charge is -2.06. The zero-order valence-corrected chi connectivity index (χ0v) is 8.44. The molecule has 0 heterocycles. The van der Waals surface area contributed by atoms with Crippen LogP contribution in [0.2, 0.25) is 0 Å². The van der Waals surface area contributed by atoms with Crippen molar-refractivity contribution >= 4 is 47.2 Å². The van der Waals surface area contributed by atoms with Crippen LogP contribution in [0.5, 0.6) is 0 Å². The second kappa shape index (κ2) is 5.32. The van der Waals surface area contributed by atoms with Crippen molar-refractivity contribution in [3.63, 3.8) is 0 Å². The van der Waals surface area contributed by atoms with Crippen molar-refractivity contribution in [2.45, 2.75) is 3.79 Å². The van der Waals surface area contributed by atoms with Crippen LogP contribution in [-0.4, -0.2) is 27.9 Å². The molecule has 7 heteroatoms. The second-order valence-electron chi connectivity index (χ2n) is 1.92. The Kier molecular flexibility index (Phi) is 5.13. The molecule has 0 aromatic carbocycles. The summed E-state index contributed by atoms with van der Waals surface area (Å²) in [7, 11) is 0. The van der Waals surface area contributed by atoms with Gasteiger partial charge < -0.3 is 9.84 Å². The smallest absolute Gasteiger partial charge is 0.334 e. The van der Waals surface area contributed by atoms with Gasteiger partial charge in [0.05, 0.1) is 5.57 Å². The van der Waals surface area contributed by atoms with Crippen LogP contribution in [0.15, 0.2) is 11.6 Å². The zero-order valence-electron chi connectivity index (χ0n) is 6.17. The Balaban J connectivity index is 4.50. The normalized spacial score (nSPS) is 12.4. The molecule has 0 aromatic heterocycles. The van der Waals surface area contributed by atoms with Gasteiger partial charge in [0.1, 0.15) is 6.61 Å². The lowest BCUT2D eigenvalue weighted by atomic mass is 10.3. The van der Waals surface area contributed by atoms with Crippen molar-refractivity contribution in [2.24, 2.45) is 0 Å². The van der Waals surface area contributed by atoms with Gasteiger partial charge in [-0.05, 0) is 6.08 Å². The molecule has 0 bridgehead atoms. The summed E-state index contributed by atoms with van der Waals surface area (Å²) in [6.07, 6.45) is 0.865. The number of carbonyl (C=O) groups is 2. The van der Waals surface area contributed by atoms with Crippen LogP contribution in [0, 0.1) is 0 Å². The Hall–Kier alpha value is -0.450. The van der Waals surface area contributed by atoms with E-state index in [1.54, 1.807) is 0 Å². The van der Waals surface area contributed by atoms with Gasteiger partial charge in [-0.1, -0.05) is 34.8 Å². The number of carboxylic acid groups (broad SMARTS) is 1. The van der Waals surface area contributed by atoms with Crippen molar-refractivity contribution in [1.82, 2.24) is 0 Å². The zero-order chi connectivity index (χ0) is 10.5. The Morgan fingerprint density at radius 1 is 1.46 bits per heavy atom. The second-order valence-corrected chi connectivity index (χ2v) is 4.29. The van der Waals surface area contributed by atoms with E-state index in [1.807, 2.05) is 0 Å². The number of rotatable bonds is 4. The molecule has 0 aliphatic carbocycles. The highest BCUT2D eigenvalue weighted by atomic mass is 35.6. The molecule has 0 aromatic rings. The minimum Gasteiger partial charge on any atom is -0.478 e. The van der Waals surface area contributed by atoms with Crippen molar-refractivity contribution in [1.29, 1.82) is 0 Å². The van der Waals surface area contributed by atoms with Gasteiger partial charge in [-0.2, -0.15) is 0 Å². The van der Waals surface area contributed by atoms with Crippen molar-refractivity contribution in [3.05, 3.63) is 11.6 Å². The van der Waals surface area contributed by atoms with E-state index in [-0.39, 0.29) is 12.0 Å². The minimum absolute atomic E-state index is 0.106. The van der Waals surface area contributed by atoms with Gasteiger partial charge in [-0.15, -0.1) is 0 Å². The molecule has 0 aliphatic rings. The molecule has 0 spiro atoms. The van der Waals surface area contributed by atoms with Crippen LogP contribution in [0.25, 0.3) is 0 Å². The summed E-state index contributed by atoms with van der Waals surface area (Å²) in [6, 6.07) is 0. The van der Waals surface area contributed by atoms with E-state index >= 15 is 0 Å². The summed E-state index contributed by atoms with van der Waals surface area (Å²) in [5, 5.41) is 8.52. The first-order chi connectivity index (χ1) is 5.87. The van der Waals surface area contributed by atoms with Gasteiger partial charge in [-0.25, -0.2) is 4.79 Å². The number of aliphatic carboxylic acids is 1. The van der Waals surface area contributed by atoms with Gasteiger partial charge >= 0.3 is 5.97 Å². The molecule has 4 nitrogen and oxygen atoms in total. The maximum Gasteiger partial charge on any atom is 0.334 e. The van der Waals surface area contributed by atoms with Crippen LogP contribution in [0.3, 0.4) is 0 Å². The SMILES string of the molecule is O=COCC(=CC(Cl)(Cl)Cl)C(=O)O. The number of alkyl halides is 3. The van der Waals surface area contributed by atoms with E-state index < -0.39 is 16.4 Å². The van der Waals surface area contributed by atoms with Crippen molar-refractivity contribution in [2.75, 3.05) is 6.61 Å². The van der Waals surface area contributed by atoms with E-state index in [1.165, 1.54) is 0 Å². The molecule has 0 amide bonds. The number of halogens is 3. The van der Waals surface area contributed by atoms with Crippen LogP contribution in [0.1, 0.15) is 0 Å². The minimum atomic E-state index is -1.82. The number of ether oxygens (including phenoxy) is 1. The standard InChI is InChI=1S/C6H5Cl3O4/c7-6(8,9)1-4(5(11)12)2-13-3-10/h1,3H,2H2,(H,11,12). The molecule has 0 atom stereocenters. The number of hydrogen-bond acceptors (Lipinski definition) is 3. The number of carbonyl (C=O) groups excluding carboxylic acids is 1. The van der Waals surface area contributed by atoms with Crippen LogP contribution in [0.4, 0.5) is 0 Å². The monoisotopic (exact) mass is 246 g/mol. The predicted octanol–water partition coefficient (Wildman–Crippen LogP) is 1.54. The fourth-order valence-corrected chi connectivity index (χ4v) is 0.882. The molecule has 13 heavy (non-hydrogen) atoms. The third-order valence-electron chi connectivity index (χ3n) is 0.919. The highest BCUT2D eigenvalue weighted by Gasteiger charge is 2.20. The van der Waals surface area contributed by atoms with E-state index in [4.69, 9.17) is 39.9 Å². The first-order valence-corrected chi connectivity index (χ1v) is 4.07. The Labute approximate surface area is 89.0 Å². The largest absolute Gasteiger partial charge is 0.478 e. The Morgan fingerprint density at radius 2 is 2.00 bits per heavy atom. The van der Waals surface area contributed by atoms with E-state index in [9.17, 15) is 9.59 Å².